The van der Waals surface area contributed by atoms with Gasteiger partial charge in [-0.2, -0.15) is 0 Å². The van der Waals surface area contributed by atoms with Crippen LogP contribution in [0.1, 0.15) is 16.7 Å². The molecule has 0 atom stereocenters. The van der Waals surface area contributed by atoms with E-state index in [-0.39, 0.29) is 0 Å². The van der Waals surface area contributed by atoms with E-state index in [2.05, 4.69) is 22.6 Å². The van der Waals surface area contributed by atoms with E-state index in [0.29, 0.717) is 29.0 Å². The maximum Gasteiger partial charge on any atom is 0.414 e. The largest absolute Gasteiger partial charge is 0.422 e. The highest BCUT2D eigenvalue weighted by atomic mass is 127. The second kappa shape index (κ2) is 7.59. The minimum atomic E-state index is -0.496. The molecule has 1 amide bonds. The van der Waals surface area contributed by atoms with Gasteiger partial charge in [-0.05, 0) is 58.8 Å². The topological polar surface area (TPSA) is 85.8 Å². The first-order valence-electron chi connectivity index (χ1n) is 8.25. The predicted molar refractivity (Wildman–Crippen MR) is 113 cm³/mol. The standard InChI is InChI=1S/C20H19IN2O4/c1-11-14-9-16(21)18(27-20(25)23(2)3)10-17(14)26-19(24)15(11)8-12-5-4-6-13(22)7-12/h4-7,9-10H,8,22H2,1-3H3. The summed E-state index contributed by atoms with van der Waals surface area (Å²) in [5.41, 5.74) is 8.82. The van der Waals surface area contributed by atoms with Gasteiger partial charge in [0.05, 0.1) is 3.57 Å². The first-order chi connectivity index (χ1) is 12.8. The lowest BCUT2D eigenvalue weighted by Gasteiger charge is -2.13. The van der Waals surface area contributed by atoms with Gasteiger partial charge in [0, 0.05) is 43.2 Å². The molecule has 3 rings (SSSR count). The number of fused-ring (bicyclic) bond motifs is 1. The Balaban J connectivity index is 2.06. The number of halogens is 1. The van der Waals surface area contributed by atoms with Gasteiger partial charge in [0.2, 0.25) is 0 Å². The number of nitrogens with zero attached hydrogens (tertiary/aromatic N) is 1. The second-order valence-corrected chi connectivity index (χ2v) is 7.62. The Morgan fingerprint density at radius 2 is 2.00 bits per heavy atom. The van der Waals surface area contributed by atoms with E-state index >= 15 is 0 Å². The molecule has 0 bridgehead atoms. The van der Waals surface area contributed by atoms with Gasteiger partial charge in [0.1, 0.15) is 11.3 Å². The third kappa shape index (κ3) is 4.08. The Morgan fingerprint density at radius 1 is 1.26 bits per heavy atom. The number of carbonyl (C=O) groups is 1. The highest BCUT2D eigenvalue weighted by Gasteiger charge is 2.17. The Hall–Kier alpha value is -2.55. The van der Waals surface area contributed by atoms with Crippen LogP contribution in [0.3, 0.4) is 0 Å². The molecule has 2 N–H and O–H groups in total. The number of ether oxygens (including phenoxy) is 1. The van der Waals surface area contributed by atoms with Crippen LogP contribution in [0.5, 0.6) is 5.75 Å². The molecule has 0 aliphatic rings. The van der Waals surface area contributed by atoms with E-state index in [0.717, 1.165) is 20.1 Å². The summed E-state index contributed by atoms with van der Waals surface area (Å²) in [5.74, 6) is 0.355. The summed E-state index contributed by atoms with van der Waals surface area (Å²) in [6, 6.07) is 10.9. The molecule has 7 heteroatoms. The van der Waals surface area contributed by atoms with Crippen LogP contribution < -0.4 is 16.1 Å². The Morgan fingerprint density at radius 3 is 2.67 bits per heavy atom. The van der Waals surface area contributed by atoms with Crippen LogP contribution in [0.4, 0.5) is 10.5 Å². The SMILES string of the molecule is Cc1c(Cc2cccc(N)c2)c(=O)oc2cc(OC(=O)N(C)C)c(I)cc12. The molecule has 0 fully saturated rings. The molecular weight excluding hydrogens is 459 g/mol. The summed E-state index contributed by atoms with van der Waals surface area (Å²) in [4.78, 5) is 25.7. The maximum absolute atomic E-state index is 12.6. The number of benzene rings is 2. The second-order valence-electron chi connectivity index (χ2n) is 6.46. The summed E-state index contributed by atoms with van der Waals surface area (Å²) >= 11 is 2.10. The first kappa shape index (κ1) is 19.2. The number of amides is 1. The number of aryl methyl sites for hydroxylation is 1. The number of anilines is 1. The molecule has 3 aromatic rings. The van der Waals surface area contributed by atoms with Crippen LogP contribution in [0.2, 0.25) is 0 Å². The lowest BCUT2D eigenvalue weighted by Crippen LogP contribution is -2.25. The molecule has 0 aliphatic heterocycles. The van der Waals surface area contributed by atoms with E-state index in [4.69, 9.17) is 14.9 Å². The van der Waals surface area contributed by atoms with Gasteiger partial charge in [0.25, 0.3) is 0 Å². The van der Waals surface area contributed by atoms with Crippen LogP contribution in [0.15, 0.2) is 45.6 Å². The van der Waals surface area contributed by atoms with Gasteiger partial charge in [-0.25, -0.2) is 9.59 Å². The smallest absolute Gasteiger partial charge is 0.414 e. The van der Waals surface area contributed by atoms with Crippen molar-refractivity contribution in [3.63, 3.8) is 0 Å². The molecule has 1 heterocycles. The van der Waals surface area contributed by atoms with Crippen molar-refractivity contribution in [1.82, 2.24) is 4.90 Å². The minimum absolute atomic E-state index is 0.355. The molecular formula is C20H19IN2O4. The van der Waals surface area contributed by atoms with Crippen LogP contribution in [-0.4, -0.2) is 25.1 Å². The summed E-state index contributed by atoms with van der Waals surface area (Å²) in [7, 11) is 3.20. The van der Waals surface area contributed by atoms with Crippen LogP contribution >= 0.6 is 22.6 Å². The zero-order chi connectivity index (χ0) is 19.7. The minimum Gasteiger partial charge on any atom is -0.422 e. The van der Waals surface area contributed by atoms with Gasteiger partial charge in [0.15, 0.2) is 0 Å². The third-order valence-corrected chi connectivity index (χ3v) is 5.08. The average molecular weight is 478 g/mol. The van der Waals surface area contributed by atoms with Crippen molar-refractivity contribution in [3.8, 4) is 5.75 Å². The number of nitrogen functional groups attached to an aromatic ring is 1. The lowest BCUT2D eigenvalue weighted by atomic mass is 9.99. The van der Waals surface area contributed by atoms with Crippen molar-refractivity contribution in [3.05, 3.63) is 67.1 Å². The first-order valence-corrected chi connectivity index (χ1v) is 9.33. The zero-order valence-corrected chi connectivity index (χ0v) is 17.4. The fourth-order valence-electron chi connectivity index (χ4n) is 2.76. The Kier molecular flexibility index (Phi) is 5.41. The van der Waals surface area contributed by atoms with Crippen molar-refractivity contribution in [2.24, 2.45) is 0 Å². The molecule has 0 unspecified atom stereocenters. The van der Waals surface area contributed by atoms with Crippen molar-refractivity contribution in [2.45, 2.75) is 13.3 Å². The number of nitrogens with two attached hydrogens (primary N) is 1. The van der Waals surface area contributed by atoms with Crippen LogP contribution in [-0.2, 0) is 6.42 Å². The van der Waals surface area contributed by atoms with Crippen LogP contribution in [0, 0.1) is 10.5 Å². The number of rotatable bonds is 3. The molecule has 27 heavy (non-hydrogen) atoms. The molecule has 6 nitrogen and oxygen atoms in total. The summed E-state index contributed by atoms with van der Waals surface area (Å²) in [6.45, 7) is 1.89. The van der Waals surface area contributed by atoms with Crippen LogP contribution in [0.25, 0.3) is 11.0 Å². The quantitative estimate of drug-likeness (QED) is 0.350. The Bertz CT molecular complexity index is 1090. The van der Waals surface area contributed by atoms with E-state index in [9.17, 15) is 9.59 Å². The van der Waals surface area contributed by atoms with Gasteiger partial charge in [-0.15, -0.1) is 0 Å². The molecule has 0 saturated heterocycles. The predicted octanol–water partition coefficient (Wildman–Crippen LogP) is 3.94. The summed E-state index contributed by atoms with van der Waals surface area (Å²) in [6.07, 6.45) is -0.0621. The van der Waals surface area contributed by atoms with E-state index < -0.39 is 11.7 Å². The maximum atomic E-state index is 12.6. The lowest BCUT2D eigenvalue weighted by molar-refractivity contribution is 0.171. The highest BCUT2D eigenvalue weighted by molar-refractivity contribution is 14.1. The van der Waals surface area contributed by atoms with Crippen molar-refractivity contribution in [2.75, 3.05) is 19.8 Å². The molecule has 0 aliphatic carbocycles. The highest BCUT2D eigenvalue weighted by Crippen LogP contribution is 2.30. The van der Waals surface area contributed by atoms with E-state index in [1.54, 1.807) is 26.2 Å². The fourth-order valence-corrected chi connectivity index (χ4v) is 3.34. The third-order valence-electron chi connectivity index (χ3n) is 4.23. The molecule has 0 spiro atoms. The van der Waals surface area contributed by atoms with Crippen molar-refractivity contribution < 1.29 is 13.9 Å². The van der Waals surface area contributed by atoms with E-state index in [1.807, 2.05) is 31.2 Å². The molecule has 140 valence electrons. The molecule has 0 radical (unpaired) electrons. The van der Waals surface area contributed by atoms with Gasteiger partial charge in [-0.3, -0.25) is 0 Å². The average Bonchev–Trinajstić information content (AvgIpc) is 2.60. The number of hydrogen-bond acceptors (Lipinski definition) is 5. The summed E-state index contributed by atoms with van der Waals surface area (Å²) < 4.78 is 11.6. The monoisotopic (exact) mass is 478 g/mol. The molecule has 2 aromatic carbocycles. The molecule has 1 aromatic heterocycles. The summed E-state index contributed by atoms with van der Waals surface area (Å²) in [5, 5.41) is 0.808. The molecule has 0 saturated carbocycles. The van der Waals surface area contributed by atoms with Crippen molar-refractivity contribution in [1.29, 1.82) is 0 Å². The van der Waals surface area contributed by atoms with E-state index in [1.165, 1.54) is 4.90 Å². The van der Waals surface area contributed by atoms with Gasteiger partial charge >= 0.3 is 11.7 Å². The fraction of sp³-hybridized carbons (Fsp3) is 0.200. The van der Waals surface area contributed by atoms with Gasteiger partial charge < -0.3 is 19.8 Å². The Labute approximate surface area is 170 Å². The van der Waals surface area contributed by atoms with Gasteiger partial charge in [-0.1, -0.05) is 12.1 Å². The zero-order valence-electron chi connectivity index (χ0n) is 15.2. The number of hydrogen-bond donors (Lipinski definition) is 1. The number of carbonyl (C=O) groups excluding carboxylic acids is 1. The normalized spacial score (nSPS) is 10.8. The van der Waals surface area contributed by atoms with Crippen molar-refractivity contribution >= 4 is 45.3 Å².